The summed E-state index contributed by atoms with van der Waals surface area (Å²) in [5.74, 6) is -0.134. The van der Waals surface area contributed by atoms with E-state index in [1.54, 1.807) is 43.3 Å². The molecule has 3 nitrogen and oxygen atoms in total. The summed E-state index contributed by atoms with van der Waals surface area (Å²) in [5.41, 5.74) is 3.30. The molecule has 0 bridgehead atoms. The molecule has 0 saturated heterocycles. The van der Waals surface area contributed by atoms with Crippen LogP contribution in [0.25, 0.3) is 0 Å². The molecule has 2 aromatic carbocycles. The molecule has 1 atom stereocenters. The summed E-state index contributed by atoms with van der Waals surface area (Å²) in [6.07, 6.45) is -0.498. The Kier molecular flexibility index (Phi) is 3.97. The fraction of sp³-hybridized carbons (Fsp3) is 0.188. The first-order valence-electron chi connectivity index (χ1n) is 6.22. The maximum atomic E-state index is 12.0. The number of aliphatic hydroxyl groups excluding tert-OH is 1. The molecule has 0 fully saturated rings. The van der Waals surface area contributed by atoms with Crippen LogP contribution in [0.5, 0.6) is 0 Å². The molecule has 19 heavy (non-hydrogen) atoms. The fourth-order valence-corrected chi connectivity index (χ4v) is 1.75. The maximum absolute atomic E-state index is 12.0. The molecular weight excluding hydrogens is 238 g/mol. The van der Waals surface area contributed by atoms with E-state index in [9.17, 15) is 9.90 Å². The van der Waals surface area contributed by atoms with Crippen LogP contribution < -0.4 is 5.32 Å². The van der Waals surface area contributed by atoms with Crippen molar-refractivity contribution in [1.29, 1.82) is 0 Å². The number of rotatable bonds is 3. The van der Waals surface area contributed by atoms with Crippen LogP contribution in [-0.4, -0.2) is 11.0 Å². The van der Waals surface area contributed by atoms with Gasteiger partial charge in [-0.05, 0) is 43.7 Å². The quantitative estimate of drug-likeness (QED) is 0.884. The van der Waals surface area contributed by atoms with E-state index in [1.165, 1.54) is 0 Å². The summed E-state index contributed by atoms with van der Waals surface area (Å²) in [6, 6.07) is 14.6. The predicted molar refractivity (Wildman–Crippen MR) is 76.2 cm³/mol. The number of carbonyl (C=O) groups excluding carboxylic acids is 1. The summed E-state index contributed by atoms with van der Waals surface area (Å²) < 4.78 is 0. The van der Waals surface area contributed by atoms with Crippen molar-refractivity contribution in [2.75, 3.05) is 5.32 Å². The minimum Gasteiger partial charge on any atom is -0.389 e. The summed E-state index contributed by atoms with van der Waals surface area (Å²) in [7, 11) is 0. The van der Waals surface area contributed by atoms with Gasteiger partial charge in [0.2, 0.25) is 0 Å². The lowest BCUT2D eigenvalue weighted by Gasteiger charge is -2.08. The Morgan fingerprint density at radius 2 is 1.63 bits per heavy atom. The van der Waals surface area contributed by atoms with E-state index in [1.807, 2.05) is 19.1 Å². The number of aryl methyl sites for hydroxylation is 1. The first kappa shape index (κ1) is 13.3. The average molecular weight is 255 g/mol. The highest BCUT2D eigenvalue weighted by Gasteiger charge is 2.06. The topological polar surface area (TPSA) is 49.3 Å². The summed E-state index contributed by atoms with van der Waals surface area (Å²) in [4.78, 5) is 12.0. The van der Waals surface area contributed by atoms with Gasteiger partial charge >= 0.3 is 0 Å². The average Bonchev–Trinajstić information content (AvgIpc) is 2.40. The molecule has 2 aromatic rings. The van der Waals surface area contributed by atoms with Gasteiger partial charge in [-0.2, -0.15) is 0 Å². The Hall–Kier alpha value is -2.13. The Morgan fingerprint density at radius 3 is 2.16 bits per heavy atom. The van der Waals surface area contributed by atoms with Gasteiger partial charge in [0.15, 0.2) is 0 Å². The van der Waals surface area contributed by atoms with Crippen LogP contribution >= 0.6 is 0 Å². The van der Waals surface area contributed by atoms with E-state index in [2.05, 4.69) is 5.32 Å². The van der Waals surface area contributed by atoms with Crippen LogP contribution in [0.15, 0.2) is 48.5 Å². The lowest BCUT2D eigenvalue weighted by molar-refractivity contribution is 0.102. The van der Waals surface area contributed by atoms with E-state index < -0.39 is 6.10 Å². The summed E-state index contributed by atoms with van der Waals surface area (Å²) in [5, 5.41) is 12.2. The van der Waals surface area contributed by atoms with Gasteiger partial charge in [0, 0.05) is 11.3 Å². The Labute approximate surface area is 112 Å². The largest absolute Gasteiger partial charge is 0.389 e. The highest BCUT2D eigenvalue weighted by molar-refractivity contribution is 6.04. The van der Waals surface area contributed by atoms with E-state index in [0.29, 0.717) is 5.56 Å². The van der Waals surface area contributed by atoms with Crippen LogP contribution in [0.2, 0.25) is 0 Å². The first-order valence-corrected chi connectivity index (χ1v) is 6.22. The van der Waals surface area contributed by atoms with Gasteiger partial charge in [-0.3, -0.25) is 4.79 Å². The van der Waals surface area contributed by atoms with Gasteiger partial charge in [0.05, 0.1) is 6.10 Å². The summed E-state index contributed by atoms with van der Waals surface area (Å²) >= 11 is 0. The number of hydrogen-bond acceptors (Lipinski definition) is 2. The standard InChI is InChI=1S/C16H17NO2/c1-11-3-5-14(6-4-11)16(19)17-15-9-7-13(8-10-15)12(2)18/h3-10,12,18H,1-2H3,(H,17,19). The van der Waals surface area contributed by atoms with E-state index >= 15 is 0 Å². The van der Waals surface area contributed by atoms with Gasteiger partial charge in [-0.25, -0.2) is 0 Å². The smallest absolute Gasteiger partial charge is 0.255 e. The number of amides is 1. The van der Waals surface area contributed by atoms with Crippen molar-refractivity contribution in [3.05, 3.63) is 65.2 Å². The highest BCUT2D eigenvalue weighted by atomic mass is 16.3. The molecule has 1 amide bonds. The van der Waals surface area contributed by atoms with Crippen molar-refractivity contribution in [2.24, 2.45) is 0 Å². The second kappa shape index (κ2) is 5.67. The molecule has 0 heterocycles. The molecule has 0 saturated carbocycles. The predicted octanol–water partition coefficient (Wildman–Crippen LogP) is 3.30. The van der Waals surface area contributed by atoms with Crippen LogP contribution in [0, 0.1) is 6.92 Å². The molecule has 0 radical (unpaired) electrons. The molecule has 2 N–H and O–H groups in total. The summed E-state index contributed by atoms with van der Waals surface area (Å²) in [6.45, 7) is 3.69. The Bertz CT molecular complexity index is 556. The zero-order valence-electron chi connectivity index (χ0n) is 11.1. The van der Waals surface area contributed by atoms with Crippen molar-refractivity contribution in [2.45, 2.75) is 20.0 Å². The minimum atomic E-state index is -0.498. The molecule has 0 aliphatic heterocycles. The monoisotopic (exact) mass is 255 g/mol. The van der Waals surface area contributed by atoms with Gasteiger partial charge < -0.3 is 10.4 Å². The van der Waals surface area contributed by atoms with E-state index in [0.717, 1.165) is 16.8 Å². The second-order valence-electron chi connectivity index (χ2n) is 4.62. The SMILES string of the molecule is Cc1ccc(C(=O)Nc2ccc(C(C)O)cc2)cc1. The molecule has 3 heteroatoms. The molecule has 0 aromatic heterocycles. The van der Waals surface area contributed by atoms with E-state index in [4.69, 9.17) is 0 Å². The van der Waals surface area contributed by atoms with Crippen molar-refractivity contribution in [1.82, 2.24) is 0 Å². The maximum Gasteiger partial charge on any atom is 0.255 e. The lowest BCUT2D eigenvalue weighted by Crippen LogP contribution is -2.11. The van der Waals surface area contributed by atoms with Crippen LogP contribution in [0.3, 0.4) is 0 Å². The minimum absolute atomic E-state index is 0.134. The zero-order valence-corrected chi connectivity index (χ0v) is 11.1. The lowest BCUT2D eigenvalue weighted by atomic mass is 10.1. The fourth-order valence-electron chi connectivity index (χ4n) is 1.75. The zero-order chi connectivity index (χ0) is 13.8. The van der Waals surface area contributed by atoms with Gasteiger partial charge in [0.25, 0.3) is 5.91 Å². The normalized spacial score (nSPS) is 11.9. The number of anilines is 1. The van der Waals surface area contributed by atoms with Crippen molar-refractivity contribution in [3.63, 3.8) is 0 Å². The van der Waals surface area contributed by atoms with Crippen LogP contribution in [0.4, 0.5) is 5.69 Å². The number of benzene rings is 2. The number of nitrogens with one attached hydrogen (secondary N) is 1. The third-order valence-electron chi connectivity index (χ3n) is 2.96. The van der Waals surface area contributed by atoms with Crippen LogP contribution in [0.1, 0.15) is 34.5 Å². The van der Waals surface area contributed by atoms with Gasteiger partial charge in [-0.15, -0.1) is 0 Å². The van der Waals surface area contributed by atoms with Crippen molar-refractivity contribution in [3.8, 4) is 0 Å². The molecule has 1 unspecified atom stereocenters. The number of aliphatic hydroxyl groups is 1. The molecular formula is C16H17NO2. The second-order valence-corrected chi connectivity index (χ2v) is 4.62. The van der Waals surface area contributed by atoms with E-state index in [-0.39, 0.29) is 5.91 Å². The third kappa shape index (κ3) is 3.42. The Morgan fingerprint density at radius 1 is 1.05 bits per heavy atom. The highest BCUT2D eigenvalue weighted by Crippen LogP contribution is 2.16. The molecule has 98 valence electrons. The van der Waals surface area contributed by atoms with Gasteiger partial charge in [0.1, 0.15) is 0 Å². The molecule has 0 aliphatic rings. The van der Waals surface area contributed by atoms with Crippen LogP contribution in [-0.2, 0) is 0 Å². The molecule has 0 aliphatic carbocycles. The first-order chi connectivity index (χ1) is 9.06. The van der Waals surface area contributed by atoms with Crippen molar-refractivity contribution < 1.29 is 9.90 Å². The molecule has 0 spiro atoms. The Balaban J connectivity index is 2.08. The van der Waals surface area contributed by atoms with Crippen molar-refractivity contribution >= 4 is 11.6 Å². The molecule has 2 rings (SSSR count). The number of carbonyl (C=O) groups is 1. The number of hydrogen-bond donors (Lipinski definition) is 2. The third-order valence-corrected chi connectivity index (χ3v) is 2.96. The van der Waals surface area contributed by atoms with Gasteiger partial charge in [-0.1, -0.05) is 29.8 Å².